The van der Waals surface area contributed by atoms with Crippen molar-refractivity contribution in [2.45, 2.75) is 24.8 Å². The molecule has 1 aliphatic carbocycles. The van der Waals surface area contributed by atoms with Crippen LogP contribution in [0.5, 0.6) is 0 Å². The van der Waals surface area contributed by atoms with Crippen molar-refractivity contribution >= 4 is 15.9 Å². The fourth-order valence-electron chi connectivity index (χ4n) is 4.20. The molecule has 1 heterocycles. The van der Waals surface area contributed by atoms with E-state index < -0.39 is 21.7 Å². The molecule has 0 radical (unpaired) electrons. The summed E-state index contributed by atoms with van der Waals surface area (Å²) in [6.07, 6.45) is 2.38. The van der Waals surface area contributed by atoms with Gasteiger partial charge in [-0.2, -0.15) is 0 Å². The first-order valence-electron chi connectivity index (χ1n) is 9.53. The Morgan fingerprint density at radius 2 is 1.83 bits per heavy atom. The molecule has 0 bridgehead atoms. The third kappa shape index (κ3) is 4.48. The monoisotopic (exact) mass is 420 g/mol. The summed E-state index contributed by atoms with van der Waals surface area (Å²) >= 11 is 0. The number of halogens is 2. The van der Waals surface area contributed by atoms with Crippen LogP contribution in [0.15, 0.2) is 42.5 Å². The van der Waals surface area contributed by atoms with E-state index >= 15 is 0 Å². The van der Waals surface area contributed by atoms with Crippen molar-refractivity contribution in [1.29, 1.82) is 0 Å². The van der Waals surface area contributed by atoms with Crippen molar-refractivity contribution in [1.82, 2.24) is 9.62 Å². The molecule has 1 saturated heterocycles. The molecule has 2 fully saturated rings. The average molecular weight is 420 g/mol. The smallest absolute Gasteiger partial charge is 0.226 e. The highest BCUT2D eigenvalue weighted by Gasteiger charge is 2.47. The molecule has 8 heteroatoms. The number of nitrogens with one attached hydrogen (secondary N) is 1. The van der Waals surface area contributed by atoms with Gasteiger partial charge in [-0.1, -0.05) is 24.3 Å². The van der Waals surface area contributed by atoms with Gasteiger partial charge in [0.05, 0.1) is 6.26 Å². The number of rotatable bonds is 5. The van der Waals surface area contributed by atoms with Crippen LogP contribution in [0.2, 0.25) is 0 Å². The van der Waals surface area contributed by atoms with Gasteiger partial charge in [0.25, 0.3) is 0 Å². The number of sulfonamides is 1. The Balaban J connectivity index is 1.49. The summed E-state index contributed by atoms with van der Waals surface area (Å²) in [5.41, 5.74) is 2.08. The summed E-state index contributed by atoms with van der Waals surface area (Å²) in [5.74, 6) is -1.47. The minimum Gasteiger partial charge on any atom is -0.341 e. The van der Waals surface area contributed by atoms with Gasteiger partial charge in [0.1, 0.15) is 11.6 Å². The average Bonchev–Trinajstić information content (AvgIpc) is 3.31. The van der Waals surface area contributed by atoms with Gasteiger partial charge in [-0.25, -0.2) is 21.9 Å². The zero-order valence-corrected chi connectivity index (χ0v) is 16.8. The second kappa shape index (κ2) is 7.50. The van der Waals surface area contributed by atoms with Gasteiger partial charge in [0, 0.05) is 31.1 Å². The lowest BCUT2D eigenvalue weighted by Crippen LogP contribution is -2.38. The number of carbonyl (C=O) groups is 1. The molecule has 2 aromatic carbocycles. The first-order valence-corrected chi connectivity index (χ1v) is 11.4. The first-order chi connectivity index (χ1) is 13.7. The number of benzene rings is 2. The zero-order valence-electron chi connectivity index (χ0n) is 15.9. The Morgan fingerprint density at radius 3 is 2.52 bits per heavy atom. The molecule has 1 N–H and O–H groups in total. The third-order valence-electron chi connectivity index (χ3n) is 5.52. The van der Waals surface area contributed by atoms with Gasteiger partial charge in [-0.15, -0.1) is 0 Å². The molecule has 1 amide bonds. The number of hydrogen-bond donors (Lipinski definition) is 1. The molecule has 1 saturated carbocycles. The van der Waals surface area contributed by atoms with Crippen LogP contribution in [0, 0.1) is 17.6 Å². The van der Waals surface area contributed by atoms with Crippen LogP contribution in [-0.2, 0) is 14.8 Å². The Kier molecular flexibility index (Phi) is 5.16. The van der Waals surface area contributed by atoms with Crippen LogP contribution in [0.25, 0.3) is 11.1 Å². The minimum absolute atomic E-state index is 0.00743. The predicted molar refractivity (Wildman–Crippen MR) is 106 cm³/mol. The molecule has 4 rings (SSSR count). The molecule has 154 valence electrons. The fourth-order valence-corrected chi connectivity index (χ4v) is 5.00. The van der Waals surface area contributed by atoms with E-state index in [1.165, 1.54) is 12.1 Å². The van der Waals surface area contributed by atoms with E-state index in [9.17, 15) is 22.0 Å². The van der Waals surface area contributed by atoms with Crippen molar-refractivity contribution in [3.05, 3.63) is 59.7 Å². The Bertz CT molecular complexity index is 1040. The molecule has 0 spiro atoms. The highest BCUT2D eigenvalue weighted by molar-refractivity contribution is 7.88. The quantitative estimate of drug-likeness (QED) is 0.809. The van der Waals surface area contributed by atoms with Crippen LogP contribution < -0.4 is 4.72 Å². The number of hydrogen-bond acceptors (Lipinski definition) is 3. The largest absolute Gasteiger partial charge is 0.341 e. The van der Waals surface area contributed by atoms with Crippen LogP contribution in [-0.4, -0.2) is 44.6 Å². The Hall–Kier alpha value is -2.32. The molecule has 5 nitrogen and oxygen atoms in total. The molecule has 3 atom stereocenters. The van der Waals surface area contributed by atoms with E-state index in [0.717, 1.165) is 23.4 Å². The summed E-state index contributed by atoms with van der Waals surface area (Å²) in [6, 6.07) is 10.5. The topological polar surface area (TPSA) is 66.5 Å². The molecule has 29 heavy (non-hydrogen) atoms. The van der Waals surface area contributed by atoms with E-state index in [0.29, 0.717) is 31.5 Å². The second-order valence-corrected chi connectivity index (χ2v) is 9.63. The molecule has 0 aromatic heterocycles. The molecular formula is C21H22F2N2O3S. The summed E-state index contributed by atoms with van der Waals surface area (Å²) < 4.78 is 52.7. The Labute approximate surface area is 168 Å². The molecule has 1 aliphatic heterocycles. The third-order valence-corrected chi connectivity index (χ3v) is 6.28. The van der Waals surface area contributed by atoms with Crippen molar-refractivity contribution < 1.29 is 22.0 Å². The van der Waals surface area contributed by atoms with Gasteiger partial charge in [-0.05, 0) is 47.6 Å². The number of likely N-dealkylation sites (tertiary alicyclic amines) is 1. The van der Waals surface area contributed by atoms with Crippen LogP contribution in [0.3, 0.4) is 0 Å². The van der Waals surface area contributed by atoms with Gasteiger partial charge >= 0.3 is 0 Å². The SMILES string of the molecule is CS(=O)(=O)N[C@H]1CCN(C(=O)[C@@H]2C[C@H]2c2ccccc2-c2cc(F)cc(F)c2)C1. The summed E-state index contributed by atoms with van der Waals surface area (Å²) in [7, 11) is -3.31. The van der Waals surface area contributed by atoms with E-state index in [1.54, 1.807) is 4.90 Å². The normalized spacial score (nSPS) is 24.0. The van der Waals surface area contributed by atoms with Gasteiger partial charge in [0.15, 0.2) is 0 Å². The zero-order chi connectivity index (χ0) is 20.8. The summed E-state index contributed by atoms with van der Waals surface area (Å²) in [4.78, 5) is 14.6. The lowest BCUT2D eigenvalue weighted by molar-refractivity contribution is -0.131. The molecular weight excluding hydrogens is 398 g/mol. The van der Waals surface area contributed by atoms with Gasteiger partial charge in [0.2, 0.25) is 15.9 Å². The lowest BCUT2D eigenvalue weighted by Gasteiger charge is -2.17. The second-order valence-electron chi connectivity index (χ2n) is 7.85. The maximum atomic E-state index is 13.7. The van der Waals surface area contributed by atoms with Gasteiger partial charge < -0.3 is 4.90 Å². The number of nitrogens with zero attached hydrogens (tertiary/aromatic N) is 1. The van der Waals surface area contributed by atoms with Crippen molar-refractivity contribution in [2.24, 2.45) is 5.92 Å². The van der Waals surface area contributed by atoms with E-state index in [4.69, 9.17) is 0 Å². The number of carbonyl (C=O) groups excluding carboxylic acids is 1. The highest BCUT2D eigenvalue weighted by Crippen LogP contribution is 2.51. The van der Waals surface area contributed by atoms with Crippen molar-refractivity contribution in [3.63, 3.8) is 0 Å². The van der Waals surface area contributed by atoms with E-state index in [2.05, 4.69) is 4.72 Å². The molecule has 2 aromatic rings. The van der Waals surface area contributed by atoms with Crippen molar-refractivity contribution in [2.75, 3.05) is 19.3 Å². The Morgan fingerprint density at radius 1 is 1.14 bits per heavy atom. The summed E-state index contributed by atoms with van der Waals surface area (Å²) in [6.45, 7) is 0.887. The predicted octanol–water partition coefficient (Wildman–Crippen LogP) is 2.89. The van der Waals surface area contributed by atoms with E-state index in [1.807, 2.05) is 24.3 Å². The van der Waals surface area contributed by atoms with Crippen molar-refractivity contribution in [3.8, 4) is 11.1 Å². The fraction of sp³-hybridized carbons (Fsp3) is 0.381. The lowest BCUT2D eigenvalue weighted by atomic mass is 9.95. The first kappa shape index (κ1) is 20.0. The maximum absolute atomic E-state index is 13.7. The van der Waals surface area contributed by atoms with Gasteiger partial charge in [-0.3, -0.25) is 4.79 Å². The van der Waals surface area contributed by atoms with Crippen LogP contribution >= 0.6 is 0 Å². The molecule has 0 unspecified atom stereocenters. The number of amides is 1. The van der Waals surface area contributed by atoms with Crippen LogP contribution in [0.1, 0.15) is 24.3 Å². The van der Waals surface area contributed by atoms with Crippen LogP contribution in [0.4, 0.5) is 8.78 Å². The highest BCUT2D eigenvalue weighted by atomic mass is 32.2. The maximum Gasteiger partial charge on any atom is 0.226 e. The minimum atomic E-state index is -3.31. The summed E-state index contributed by atoms with van der Waals surface area (Å²) in [5, 5.41) is 0. The standard InChI is InChI=1S/C21H22F2N2O3S/c1-29(27,28)24-16-6-7-25(12-16)21(26)20-11-19(20)18-5-3-2-4-17(18)13-8-14(22)10-15(23)9-13/h2-5,8-10,16,19-20,24H,6-7,11-12H2,1H3/t16-,19-,20+/m0/s1. The molecule has 2 aliphatic rings. The van der Waals surface area contributed by atoms with E-state index in [-0.39, 0.29) is 23.8 Å².